The Morgan fingerprint density at radius 3 is 2.85 bits per heavy atom. The van der Waals surface area contributed by atoms with Crippen LogP contribution in [0, 0.1) is 16.7 Å². The highest BCUT2D eigenvalue weighted by Crippen LogP contribution is 2.48. The Hall–Kier alpha value is -3.40. The molecule has 0 amide bonds. The number of H-pyrrole nitrogens is 1. The number of hydrogen-bond acceptors (Lipinski definition) is 6. The molecular weight excluding hydrogens is 326 g/mol. The lowest BCUT2D eigenvalue weighted by Gasteiger charge is -2.10. The lowest BCUT2D eigenvalue weighted by Crippen LogP contribution is -2.07. The van der Waals surface area contributed by atoms with Crippen molar-refractivity contribution in [2.45, 2.75) is 19.3 Å². The summed E-state index contributed by atoms with van der Waals surface area (Å²) in [5.74, 6) is 0.352. The molecule has 7 heteroatoms. The number of nitrogens with zero attached hydrogens (tertiary/aromatic N) is 4. The largest absolute Gasteiger partial charge is 0.398 e. The summed E-state index contributed by atoms with van der Waals surface area (Å²) < 4.78 is 0. The average Bonchev–Trinajstić information content (AvgIpc) is 3.17. The van der Waals surface area contributed by atoms with Crippen molar-refractivity contribution in [3.8, 4) is 17.3 Å². The zero-order chi connectivity index (χ0) is 18.1. The number of nitrogen functional groups attached to an aromatic ring is 2. The van der Waals surface area contributed by atoms with Gasteiger partial charge in [0.05, 0.1) is 28.5 Å². The van der Waals surface area contributed by atoms with Crippen molar-refractivity contribution in [3.63, 3.8) is 0 Å². The maximum absolute atomic E-state index is 8.90. The third kappa shape index (κ3) is 2.86. The van der Waals surface area contributed by atoms with E-state index in [-0.39, 0.29) is 5.41 Å². The number of rotatable bonds is 5. The summed E-state index contributed by atoms with van der Waals surface area (Å²) in [6.45, 7) is 0.621. The molecule has 4 rings (SSSR count). The molecule has 1 aliphatic carbocycles. The van der Waals surface area contributed by atoms with Crippen molar-refractivity contribution >= 4 is 28.6 Å². The van der Waals surface area contributed by atoms with Crippen LogP contribution in [0.3, 0.4) is 0 Å². The molecule has 3 aromatic rings. The zero-order valence-corrected chi connectivity index (χ0v) is 14.2. The normalized spacial score (nSPS) is 15.3. The van der Waals surface area contributed by atoms with Crippen LogP contribution in [0.1, 0.15) is 24.8 Å². The fourth-order valence-electron chi connectivity index (χ4n) is 3.11. The van der Waals surface area contributed by atoms with Crippen LogP contribution in [-0.4, -0.2) is 27.9 Å². The molecule has 0 spiro atoms. The van der Waals surface area contributed by atoms with Crippen molar-refractivity contribution in [1.82, 2.24) is 15.2 Å². The van der Waals surface area contributed by atoms with E-state index < -0.39 is 0 Å². The Labute approximate surface area is 150 Å². The highest BCUT2D eigenvalue weighted by molar-refractivity contribution is 6.04. The zero-order valence-electron chi connectivity index (χ0n) is 14.2. The van der Waals surface area contributed by atoms with Crippen molar-refractivity contribution in [3.05, 3.63) is 36.0 Å². The number of nitriles is 1. The summed E-state index contributed by atoms with van der Waals surface area (Å²) in [6.07, 6.45) is 6.04. The Balaban J connectivity index is 1.66. The van der Waals surface area contributed by atoms with Crippen molar-refractivity contribution < 1.29 is 0 Å². The second kappa shape index (κ2) is 6.15. The predicted molar refractivity (Wildman–Crippen MR) is 103 cm³/mol. The monoisotopic (exact) mass is 345 g/mol. The maximum Gasteiger partial charge on any atom is 0.135 e. The SMILES string of the molecule is N#CCC1(CN=Cc2c(N)nc3cc(-c4ccn[nH]4)ccc3c2N)CC1. The van der Waals surface area contributed by atoms with E-state index in [1.165, 1.54) is 0 Å². The van der Waals surface area contributed by atoms with Gasteiger partial charge in [0, 0.05) is 41.7 Å². The van der Waals surface area contributed by atoms with Gasteiger partial charge in [0.25, 0.3) is 0 Å². The summed E-state index contributed by atoms with van der Waals surface area (Å²) in [6, 6.07) is 9.97. The first kappa shape index (κ1) is 16.1. The Morgan fingerprint density at radius 1 is 1.31 bits per heavy atom. The van der Waals surface area contributed by atoms with Gasteiger partial charge in [0.1, 0.15) is 5.82 Å². The minimum atomic E-state index is 0.0536. The summed E-state index contributed by atoms with van der Waals surface area (Å²) in [5, 5.41) is 16.6. The highest BCUT2D eigenvalue weighted by Gasteiger charge is 2.41. The fourth-order valence-corrected chi connectivity index (χ4v) is 3.11. The lowest BCUT2D eigenvalue weighted by molar-refractivity contribution is 0.541. The Bertz CT molecular complexity index is 1020. The van der Waals surface area contributed by atoms with Gasteiger partial charge in [0.15, 0.2) is 0 Å². The standard InChI is InChI=1S/C19H19N7/c20-7-6-19(4-5-19)11-23-10-14-17(21)13-2-1-12(15-3-8-24-26-15)9-16(13)25-18(14)22/h1-3,8-10H,4-6,11H2,(H,24,26)(H4,21,22,25). The van der Waals surface area contributed by atoms with Gasteiger partial charge in [-0.05, 0) is 25.0 Å². The third-order valence-corrected chi connectivity index (χ3v) is 4.96. The second-order valence-electron chi connectivity index (χ2n) is 6.83. The number of nitrogens with one attached hydrogen (secondary N) is 1. The number of aromatic amines is 1. The van der Waals surface area contributed by atoms with E-state index >= 15 is 0 Å². The molecule has 5 N–H and O–H groups in total. The summed E-state index contributed by atoms with van der Waals surface area (Å²) >= 11 is 0. The number of anilines is 2. The van der Waals surface area contributed by atoms with E-state index in [9.17, 15) is 0 Å². The summed E-state index contributed by atoms with van der Waals surface area (Å²) in [5.41, 5.74) is 16.3. The molecule has 0 saturated heterocycles. The number of nitrogens with two attached hydrogens (primary N) is 2. The van der Waals surface area contributed by atoms with Gasteiger partial charge < -0.3 is 11.5 Å². The van der Waals surface area contributed by atoms with Gasteiger partial charge in [-0.15, -0.1) is 0 Å². The van der Waals surface area contributed by atoms with Crippen LogP contribution >= 0.6 is 0 Å². The van der Waals surface area contributed by atoms with Crippen molar-refractivity contribution in [1.29, 1.82) is 5.26 Å². The molecule has 0 unspecified atom stereocenters. The highest BCUT2D eigenvalue weighted by atomic mass is 15.1. The first-order valence-electron chi connectivity index (χ1n) is 8.47. The first-order chi connectivity index (χ1) is 12.6. The van der Waals surface area contributed by atoms with Gasteiger partial charge >= 0.3 is 0 Å². The molecule has 1 aromatic carbocycles. The molecule has 0 bridgehead atoms. The minimum Gasteiger partial charge on any atom is -0.398 e. The lowest BCUT2D eigenvalue weighted by atomic mass is 10.0. The van der Waals surface area contributed by atoms with Crippen LogP contribution in [0.25, 0.3) is 22.2 Å². The molecule has 1 aliphatic rings. The van der Waals surface area contributed by atoms with Crippen LogP contribution in [0.5, 0.6) is 0 Å². The molecular formula is C19H19N7. The molecule has 26 heavy (non-hydrogen) atoms. The summed E-state index contributed by atoms with van der Waals surface area (Å²) in [4.78, 5) is 8.99. The van der Waals surface area contributed by atoms with E-state index in [2.05, 4.69) is 26.2 Å². The molecule has 1 saturated carbocycles. The predicted octanol–water partition coefficient (Wildman–Crippen LogP) is 2.90. The number of benzene rings is 1. The van der Waals surface area contributed by atoms with Gasteiger partial charge in [0.2, 0.25) is 0 Å². The van der Waals surface area contributed by atoms with Crippen molar-refractivity contribution in [2.75, 3.05) is 18.0 Å². The smallest absolute Gasteiger partial charge is 0.135 e. The van der Waals surface area contributed by atoms with Crippen LogP contribution < -0.4 is 11.5 Å². The van der Waals surface area contributed by atoms with Crippen LogP contribution in [0.4, 0.5) is 11.5 Å². The molecule has 0 atom stereocenters. The van der Waals surface area contributed by atoms with E-state index in [1.807, 2.05) is 24.3 Å². The number of aliphatic imine (C=N–C) groups is 1. The number of fused-ring (bicyclic) bond motifs is 1. The maximum atomic E-state index is 8.90. The third-order valence-electron chi connectivity index (χ3n) is 4.96. The van der Waals surface area contributed by atoms with Crippen LogP contribution in [0.2, 0.25) is 0 Å². The molecule has 0 aliphatic heterocycles. The van der Waals surface area contributed by atoms with Crippen LogP contribution in [0.15, 0.2) is 35.5 Å². The second-order valence-corrected chi connectivity index (χ2v) is 6.83. The van der Waals surface area contributed by atoms with E-state index in [0.29, 0.717) is 30.0 Å². The molecule has 2 heterocycles. The summed E-state index contributed by atoms with van der Waals surface area (Å²) in [7, 11) is 0. The van der Waals surface area contributed by atoms with Gasteiger partial charge in [-0.2, -0.15) is 10.4 Å². The topological polar surface area (TPSA) is 130 Å². The quantitative estimate of drug-likeness (QED) is 0.612. The average molecular weight is 345 g/mol. The molecule has 130 valence electrons. The van der Waals surface area contributed by atoms with Crippen molar-refractivity contribution in [2.24, 2.45) is 10.4 Å². The Kier molecular flexibility index (Phi) is 3.81. The van der Waals surface area contributed by atoms with Gasteiger partial charge in [-0.25, -0.2) is 4.98 Å². The first-order valence-corrected chi connectivity index (χ1v) is 8.47. The fraction of sp³-hybridized carbons (Fsp3) is 0.263. The number of aromatic nitrogens is 3. The molecule has 7 nitrogen and oxygen atoms in total. The number of hydrogen-bond donors (Lipinski definition) is 3. The van der Waals surface area contributed by atoms with Crippen LogP contribution in [-0.2, 0) is 0 Å². The molecule has 1 fully saturated rings. The van der Waals surface area contributed by atoms with E-state index in [0.717, 1.165) is 35.0 Å². The Morgan fingerprint density at radius 2 is 2.15 bits per heavy atom. The van der Waals surface area contributed by atoms with Gasteiger partial charge in [-0.1, -0.05) is 12.1 Å². The van der Waals surface area contributed by atoms with Gasteiger partial charge in [-0.3, -0.25) is 10.1 Å². The van der Waals surface area contributed by atoms with E-state index in [4.69, 9.17) is 16.7 Å². The minimum absolute atomic E-state index is 0.0536. The molecule has 2 aromatic heterocycles. The number of pyridine rings is 1. The molecule has 0 radical (unpaired) electrons. The van der Waals surface area contributed by atoms with E-state index in [1.54, 1.807) is 12.4 Å².